The van der Waals surface area contributed by atoms with E-state index in [2.05, 4.69) is 16.5 Å². The van der Waals surface area contributed by atoms with E-state index in [0.29, 0.717) is 0 Å². The van der Waals surface area contributed by atoms with Crippen molar-refractivity contribution in [1.29, 1.82) is 0 Å². The minimum atomic E-state index is -5.39. The molecule has 0 aliphatic rings. The summed E-state index contributed by atoms with van der Waals surface area (Å²) in [5, 5.41) is 0. The lowest BCUT2D eigenvalue weighted by Gasteiger charge is -2.36. The van der Waals surface area contributed by atoms with E-state index in [1.807, 2.05) is 0 Å². The molecule has 0 amide bonds. The zero-order chi connectivity index (χ0) is 10.5. The Balaban J connectivity index is -0.0000000350. The average molecular weight is 245 g/mol. The fourth-order valence-corrected chi connectivity index (χ4v) is 0. The molecule has 6 N–H and O–H groups in total. The van der Waals surface area contributed by atoms with E-state index < -0.39 is 7.82 Å². The quantitative estimate of drug-likeness (QED) is 0.362. The molecule has 0 heterocycles. The van der Waals surface area contributed by atoms with Crippen LogP contribution in [0.15, 0.2) is 0 Å². The molecule has 0 aliphatic heterocycles. The van der Waals surface area contributed by atoms with Gasteiger partial charge in [-0.1, -0.05) is 0 Å². The zero-order valence-electron chi connectivity index (χ0n) is 5.93. The van der Waals surface area contributed by atoms with Gasteiger partial charge in [-0.25, -0.2) is 16.5 Å². The highest BCUT2D eigenvalue weighted by atomic mass is 31.2. The van der Waals surface area contributed by atoms with Gasteiger partial charge in [0.25, 0.3) is 0 Å². The van der Waals surface area contributed by atoms with Crippen LogP contribution < -0.4 is 31.2 Å². The molecule has 0 spiro atoms. The number of rotatable bonds is 0. The first-order chi connectivity index (χ1) is 5.00. The van der Waals surface area contributed by atoms with Crippen LogP contribution in [0.5, 0.6) is 0 Å². The van der Waals surface area contributed by atoms with Crippen molar-refractivity contribution in [3.05, 3.63) is 0 Å². The molecule has 74 valence electrons. The molecule has 11 heteroatoms. The van der Waals surface area contributed by atoms with Crippen LogP contribution in [0.1, 0.15) is 0 Å². The molecule has 0 saturated carbocycles. The van der Waals surface area contributed by atoms with Gasteiger partial charge in [0.1, 0.15) is 0 Å². The normalized spacial score (nSPS) is 7.82. The highest BCUT2D eigenvalue weighted by Crippen LogP contribution is 2.03. The van der Waals surface area contributed by atoms with E-state index in [-0.39, 0.29) is 0 Å². The van der Waals surface area contributed by atoms with E-state index in [9.17, 15) is 0 Å². The van der Waals surface area contributed by atoms with Gasteiger partial charge in [0.05, 0.1) is 0 Å². The third-order valence-corrected chi connectivity index (χ3v) is 0. The minimum Gasteiger partial charge on any atom is -0.822 e. The van der Waals surface area contributed by atoms with Crippen LogP contribution in [-0.2, 0) is 4.57 Å². The number of hydrogen-bond acceptors (Lipinski definition) is 7. The van der Waals surface area contributed by atoms with Crippen molar-refractivity contribution in [3.8, 4) is 0 Å². The molecule has 0 aromatic heterocycles. The molecule has 0 saturated heterocycles. The maximum Gasteiger partial charge on any atom is 0.0366 e. The smallest absolute Gasteiger partial charge is 0.0366 e. The Hall–Kier alpha value is 1.28. The van der Waals surface area contributed by atoms with Gasteiger partial charge in [-0.15, -0.1) is 0 Å². The van der Waals surface area contributed by atoms with Crippen molar-refractivity contribution < 1.29 is 19.2 Å². The second kappa shape index (κ2) is 22.5. The summed E-state index contributed by atoms with van der Waals surface area (Å²) in [7, 11) is -1.31. The van der Waals surface area contributed by atoms with Crippen LogP contribution in [0.2, 0.25) is 0 Å². The second-order valence-electron chi connectivity index (χ2n) is 0.447. The van der Waals surface area contributed by atoms with E-state index in [1.54, 1.807) is 0 Å². The van der Waals surface area contributed by atoms with Crippen LogP contribution in [0.25, 0.3) is 0 Å². The number of hydrogen-bond donors (Lipinski definition) is 3. The Bertz CT molecular complexity index is 63.5. The monoisotopic (exact) mass is 245 g/mol. The molecule has 11 heavy (non-hydrogen) atoms. The molecule has 0 aromatic carbocycles. The van der Waals surface area contributed by atoms with Crippen molar-refractivity contribution in [3.63, 3.8) is 0 Å². The van der Waals surface area contributed by atoms with E-state index in [0.717, 1.165) is 0 Å². The Kier molecular flexibility index (Phi) is 46.6. The third kappa shape index (κ3) is 593. The standard InChI is InChI=1S/3H4NP.H3O4P/c3*1-2;1-5(2,3)4/h3*1-2H2;(H3,1,2,3,4). The molecule has 0 aliphatic carbocycles. The SMILES string of the molecule is N[PH3+].N[PH3+].N[PH3+].O=P([O-])([O-])[O-]. The van der Waals surface area contributed by atoms with Crippen molar-refractivity contribution >= 4 is 36.0 Å². The number of nitrogens with two attached hydrogens (primary N) is 3. The van der Waals surface area contributed by atoms with Gasteiger partial charge in [-0.05, 0) is 0 Å². The first kappa shape index (κ1) is 22.8. The lowest BCUT2D eigenvalue weighted by atomic mass is 13.9. The highest BCUT2D eigenvalue weighted by molar-refractivity contribution is 7.40. The van der Waals surface area contributed by atoms with E-state index >= 15 is 0 Å². The molecule has 7 nitrogen and oxygen atoms in total. The van der Waals surface area contributed by atoms with Crippen molar-refractivity contribution in [2.45, 2.75) is 0 Å². The molecule has 0 radical (unpaired) electrons. The van der Waals surface area contributed by atoms with Gasteiger partial charge in [-0.2, -0.15) is 7.82 Å². The zero-order valence-corrected chi connectivity index (χ0v) is 11.1. The van der Waals surface area contributed by atoms with Gasteiger partial charge in [0.2, 0.25) is 0 Å². The Morgan fingerprint density at radius 1 is 0.818 bits per heavy atom. The first-order valence-corrected chi connectivity index (χ1v) is 5.87. The number of phosphoric acid groups is 1. The average Bonchev–Trinajstić information content (AvgIpc) is 1.96. The summed E-state index contributed by atoms with van der Waals surface area (Å²) in [5.74, 6) is 0. The van der Waals surface area contributed by atoms with Gasteiger partial charge < -0.3 is 19.2 Å². The summed E-state index contributed by atoms with van der Waals surface area (Å²) in [6, 6.07) is 0. The largest absolute Gasteiger partial charge is 0.822 e. The molecule has 3 unspecified atom stereocenters. The molecule has 0 bridgehead atoms. The van der Waals surface area contributed by atoms with Crippen LogP contribution >= 0.6 is 36.0 Å². The Morgan fingerprint density at radius 2 is 0.818 bits per heavy atom. The van der Waals surface area contributed by atoms with E-state index in [4.69, 9.17) is 19.2 Å². The predicted octanol–water partition coefficient (Wildman–Crippen LogP) is -4.42. The molecular weight excluding hydrogens is 230 g/mol. The summed E-state index contributed by atoms with van der Waals surface area (Å²) in [6.07, 6.45) is 0. The predicted molar refractivity (Wildman–Crippen MR) is 53.5 cm³/mol. The molecule has 0 fully saturated rings. The highest BCUT2D eigenvalue weighted by Gasteiger charge is 1.44. The van der Waals surface area contributed by atoms with Crippen molar-refractivity contribution in [2.24, 2.45) is 16.5 Å². The van der Waals surface area contributed by atoms with Crippen LogP contribution in [-0.4, -0.2) is 0 Å². The Morgan fingerprint density at radius 3 is 0.818 bits per heavy atom. The summed E-state index contributed by atoms with van der Waals surface area (Å²) >= 11 is 0. The maximum atomic E-state index is 8.55. The van der Waals surface area contributed by atoms with Gasteiger partial charge >= 0.3 is 0 Å². The summed E-state index contributed by atoms with van der Waals surface area (Å²) in [6.45, 7) is 0. The third-order valence-electron chi connectivity index (χ3n) is 0. The van der Waals surface area contributed by atoms with Crippen molar-refractivity contribution in [2.75, 3.05) is 0 Å². The lowest BCUT2D eigenvalue weighted by Crippen LogP contribution is -2.24. The van der Waals surface area contributed by atoms with Gasteiger partial charge in [0, 0.05) is 28.2 Å². The van der Waals surface area contributed by atoms with Crippen LogP contribution in [0, 0.1) is 0 Å². The molecule has 0 rings (SSSR count). The summed E-state index contributed by atoms with van der Waals surface area (Å²) in [4.78, 5) is 25.6. The van der Waals surface area contributed by atoms with E-state index in [1.165, 1.54) is 28.2 Å². The van der Waals surface area contributed by atoms with Crippen molar-refractivity contribution in [1.82, 2.24) is 0 Å². The Labute approximate surface area is 72.5 Å². The fraction of sp³-hybridized carbons (Fsp3) is 0. The molecule has 3 atom stereocenters. The summed E-state index contributed by atoms with van der Waals surface area (Å²) < 4.78 is 8.55. The maximum absolute atomic E-state index is 8.55. The lowest BCUT2D eigenvalue weighted by molar-refractivity contribution is -0.432. The van der Waals surface area contributed by atoms with Gasteiger partial charge in [0.15, 0.2) is 0 Å². The minimum absolute atomic E-state index is 1.36. The summed E-state index contributed by atoms with van der Waals surface area (Å²) in [5.41, 5.74) is 13.6. The fourth-order valence-electron chi connectivity index (χ4n) is 0. The first-order valence-electron chi connectivity index (χ1n) is 1.96. The van der Waals surface area contributed by atoms with Crippen LogP contribution in [0.3, 0.4) is 0 Å². The van der Waals surface area contributed by atoms with Crippen LogP contribution in [0.4, 0.5) is 0 Å². The molecule has 0 aromatic rings. The topological polar surface area (TPSA) is 164 Å². The van der Waals surface area contributed by atoms with Gasteiger partial charge in [-0.3, -0.25) is 0 Å². The second-order valence-corrected chi connectivity index (χ2v) is 1.34. The molecular formula is H15N3O4P4.